The van der Waals surface area contributed by atoms with Crippen LogP contribution in [0.5, 0.6) is 0 Å². The Hall–Kier alpha value is 1.53. The topological polar surface area (TPSA) is 0 Å². The van der Waals surface area contributed by atoms with Crippen LogP contribution in [-0.2, 0) is 0 Å². The molecule has 0 aromatic carbocycles. The molecule has 14 heavy (non-hydrogen) atoms. The predicted molar refractivity (Wildman–Crippen MR) is 74.5 cm³/mol. The van der Waals surface area contributed by atoms with Gasteiger partial charge in [0.05, 0.1) is 0 Å². The van der Waals surface area contributed by atoms with E-state index in [1.54, 1.807) is 6.42 Å². The van der Waals surface area contributed by atoms with Crippen molar-refractivity contribution in [1.82, 2.24) is 0 Å². The van der Waals surface area contributed by atoms with Crippen LogP contribution in [0.2, 0.25) is 13.8 Å². The summed E-state index contributed by atoms with van der Waals surface area (Å²) >= 11 is 1.17. The molecule has 0 aliphatic heterocycles. The third-order valence-electron chi connectivity index (χ3n) is 5.62. The summed E-state index contributed by atoms with van der Waals surface area (Å²) in [5, 5.41) is 0. The van der Waals surface area contributed by atoms with Crippen LogP contribution in [0.4, 0.5) is 0 Å². The molecule has 82 valence electrons. The van der Waals surface area contributed by atoms with E-state index in [0.717, 1.165) is 9.85 Å². The summed E-state index contributed by atoms with van der Waals surface area (Å²) in [6.07, 6.45) is 4.59. The second kappa shape index (κ2) is 3.27. The van der Waals surface area contributed by atoms with Crippen LogP contribution < -0.4 is 0 Å². The molecule has 3 atom stereocenters. The van der Waals surface area contributed by atoms with Gasteiger partial charge in [0.1, 0.15) is 0 Å². The van der Waals surface area contributed by atoms with Crippen LogP contribution in [0, 0.1) is 16.7 Å². The number of rotatable bonds is 1. The molecule has 0 nitrogen and oxygen atoms in total. The van der Waals surface area contributed by atoms with Crippen molar-refractivity contribution in [2.24, 2.45) is 16.7 Å². The SMILES string of the molecule is CC1(C)[C@@H]2CC[C@@]1(C)[C@@H]([Sn]([CH3])([CH3])[I])C2. The Bertz CT molecular complexity index is 254. The van der Waals surface area contributed by atoms with Crippen molar-refractivity contribution in [3.05, 3.63) is 0 Å². The second-order valence-electron chi connectivity index (χ2n) is 6.73. The third kappa shape index (κ3) is 1.43. The molecule has 0 radical (unpaired) electrons. The zero-order valence-corrected chi connectivity index (χ0v) is 15.2. The minimum atomic E-state index is -1.71. The van der Waals surface area contributed by atoms with Crippen molar-refractivity contribution < 1.29 is 0 Å². The van der Waals surface area contributed by atoms with E-state index in [1.165, 1.54) is 12.8 Å². The molecule has 2 aliphatic carbocycles. The first-order chi connectivity index (χ1) is 6.19. The number of hydrogen-bond acceptors (Lipinski definition) is 0. The summed E-state index contributed by atoms with van der Waals surface area (Å²) < 4.78 is 1.13. The predicted octanol–water partition coefficient (Wildman–Crippen LogP) is 4.84. The second-order valence-corrected chi connectivity index (χ2v) is 36.3. The van der Waals surface area contributed by atoms with Crippen molar-refractivity contribution in [3.8, 4) is 0 Å². The van der Waals surface area contributed by atoms with E-state index in [1.807, 2.05) is 0 Å². The molecular formula is C12H23ISn. The van der Waals surface area contributed by atoms with Gasteiger partial charge in [0.2, 0.25) is 0 Å². The molecule has 0 unspecified atom stereocenters. The van der Waals surface area contributed by atoms with E-state index in [2.05, 4.69) is 49.3 Å². The van der Waals surface area contributed by atoms with Crippen LogP contribution in [0.3, 0.4) is 0 Å². The van der Waals surface area contributed by atoms with E-state index in [0.29, 0.717) is 10.8 Å². The molecule has 0 saturated heterocycles. The number of fused-ring (bicyclic) bond motifs is 2. The molecule has 0 spiro atoms. The fourth-order valence-electron chi connectivity index (χ4n) is 4.24. The molecule has 0 aromatic rings. The maximum absolute atomic E-state index is 2.87. The molecule has 2 aliphatic rings. The van der Waals surface area contributed by atoms with Gasteiger partial charge in [0.25, 0.3) is 0 Å². The molecule has 2 rings (SSSR count). The van der Waals surface area contributed by atoms with E-state index >= 15 is 0 Å². The zero-order chi connectivity index (χ0) is 10.8. The van der Waals surface area contributed by atoms with Gasteiger partial charge in [-0.05, 0) is 0 Å². The Morgan fingerprint density at radius 1 is 1.21 bits per heavy atom. The van der Waals surface area contributed by atoms with E-state index in [-0.39, 0.29) is 0 Å². The van der Waals surface area contributed by atoms with Gasteiger partial charge in [0.15, 0.2) is 0 Å². The molecule has 0 amide bonds. The Morgan fingerprint density at radius 2 is 1.79 bits per heavy atom. The van der Waals surface area contributed by atoms with Gasteiger partial charge in [-0.3, -0.25) is 0 Å². The van der Waals surface area contributed by atoms with Crippen molar-refractivity contribution in [1.29, 1.82) is 0 Å². The molecule has 2 bridgehead atoms. The fraction of sp³-hybridized carbons (Fsp3) is 1.00. The van der Waals surface area contributed by atoms with Crippen LogP contribution >= 0.6 is 18.6 Å². The van der Waals surface area contributed by atoms with E-state index in [9.17, 15) is 0 Å². The molecule has 0 N–H and O–H groups in total. The molecule has 0 aromatic heterocycles. The van der Waals surface area contributed by atoms with Gasteiger partial charge in [-0.15, -0.1) is 0 Å². The van der Waals surface area contributed by atoms with Crippen molar-refractivity contribution in [2.45, 2.75) is 53.8 Å². The Morgan fingerprint density at radius 3 is 2.00 bits per heavy atom. The van der Waals surface area contributed by atoms with Gasteiger partial charge < -0.3 is 0 Å². The number of hydrogen-bond donors (Lipinski definition) is 0. The van der Waals surface area contributed by atoms with Crippen molar-refractivity contribution >= 4 is 33.0 Å². The summed E-state index contributed by atoms with van der Waals surface area (Å²) in [5.74, 6) is 1.04. The quantitative estimate of drug-likeness (QED) is 0.427. The summed E-state index contributed by atoms with van der Waals surface area (Å²) in [7, 11) is 0. The first kappa shape index (κ1) is 12.0. The summed E-state index contributed by atoms with van der Waals surface area (Å²) in [4.78, 5) is 5.25. The minimum absolute atomic E-state index is 0.636. The van der Waals surface area contributed by atoms with Gasteiger partial charge in [-0.2, -0.15) is 0 Å². The Kier molecular flexibility index (Phi) is 2.80. The summed E-state index contributed by atoms with van der Waals surface area (Å²) in [5.41, 5.74) is 1.33. The molecule has 0 heterocycles. The van der Waals surface area contributed by atoms with Gasteiger partial charge in [-0.1, -0.05) is 0 Å². The monoisotopic (exact) mass is 414 g/mol. The Balaban J connectivity index is 2.37. The van der Waals surface area contributed by atoms with Gasteiger partial charge >= 0.3 is 104 Å². The maximum atomic E-state index is 2.87. The molecular weight excluding hydrogens is 390 g/mol. The molecule has 2 heteroatoms. The summed E-state index contributed by atoms with van der Waals surface area (Å²) in [6, 6.07) is 0. The van der Waals surface area contributed by atoms with Gasteiger partial charge in [0, 0.05) is 0 Å². The van der Waals surface area contributed by atoms with Crippen LogP contribution in [0.15, 0.2) is 0 Å². The van der Waals surface area contributed by atoms with Gasteiger partial charge in [-0.25, -0.2) is 0 Å². The van der Waals surface area contributed by atoms with E-state index in [4.69, 9.17) is 0 Å². The average Bonchev–Trinajstić information content (AvgIpc) is 2.32. The molecule has 2 fully saturated rings. The summed E-state index contributed by atoms with van der Waals surface area (Å²) in [6.45, 7) is 7.68. The standard InChI is InChI=1S/C10H17.2CH3.HI.Sn/c1-9(2)8-4-6-10(9,3)7-5-8;;;;/h6,8H,4-5,7H2,1-3H3;2*1H3;1H;/q;;;;+1/p-1/t8-,10+;;;;/m0..../s1. The van der Waals surface area contributed by atoms with Crippen molar-refractivity contribution in [2.75, 3.05) is 0 Å². The third-order valence-corrected chi connectivity index (χ3v) is 17.9. The fourth-order valence-corrected chi connectivity index (χ4v) is 18.8. The zero-order valence-electron chi connectivity index (χ0n) is 10.2. The van der Waals surface area contributed by atoms with Crippen LogP contribution in [0.25, 0.3) is 0 Å². The van der Waals surface area contributed by atoms with E-state index < -0.39 is 14.4 Å². The Labute approximate surface area is 103 Å². The average molecular weight is 413 g/mol. The van der Waals surface area contributed by atoms with Crippen molar-refractivity contribution in [3.63, 3.8) is 0 Å². The number of halogens is 1. The molecule has 2 saturated carbocycles. The van der Waals surface area contributed by atoms with Crippen LogP contribution in [-0.4, -0.2) is 14.4 Å². The normalized spacial score (nSPS) is 45.9. The first-order valence-corrected chi connectivity index (χ1v) is 21.6. The van der Waals surface area contributed by atoms with Crippen LogP contribution in [0.1, 0.15) is 40.0 Å². The first-order valence-electron chi connectivity index (χ1n) is 5.88.